The molecule has 1 aliphatic heterocycles. The molecule has 1 aliphatic rings. The van der Waals surface area contributed by atoms with E-state index in [1.807, 2.05) is 26.0 Å². The summed E-state index contributed by atoms with van der Waals surface area (Å²) < 4.78 is 4.80. The number of methoxy groups -OCH3 is 1. The van der Waals surface area contributed by atoms with Crippen LogP contribution in [0.2, 0.25) is 0 Å². The summed E-state index contributed by atoms with van der Waals surface area (Å²) in [5, 5.41) is 12.8. The van der Waals surface area contributed by atoms with Crippen molar-refractivity contribution >= 4 is 17.6 Å². The Morgan fingerprint density at radius 2 is 1.88 bits per heavy atom. The zero-order valence-corrected chi connectivity index (χ0v) is 15.8. The summed E-state index contributed by atoms with van der Waals surface area (Å²) in [5.74, 6) is -0.286. The van der Waals surface area contributed by atoms with Crippen LogP contribution in [0.5, 0.6) is 5.75 Å². The molecular weight excluding hydrogens is 334 g/mol. The number of phenols is 1. The minimum atomic E-state index is -0.611. The third-order valence-electron chi connectivity index (χ3n) is 4.95. The highest BCUT2D eigenvalue weighted by Crippen LogP contribution is 2.27. The van der Waals surface area contributed by atoms with Crippen LogP contribution in [-0.2, 0) is 14.3 Å². The molecule has 1 saturated heterocycles. The third kappa shape index (κ3) is 5.11. The number of rotatable bonds is 7. The number of nitrogens with zero attached hydrogens (tertiary/aromatic N) is 2. The fourth-order valence-electron chi connectivity index (χ4n) is 3.10. The Morgan fingerprint density at radius 1 is 1.23 bits per heavy atom. The number of ether oxygens (including phenoxy) is 1. The summed E-state index contributed by atoms with van der Waals surface area (Å²) in [6.45, 7) is 7.05. The van der Waals surface area contributed by atoms with Crippen LogP contribution in [-0.4, -0.2) is 67.8 Å². The predicted molar refractivity (Wildman–Crippen MR) is 100 cm³/mol. The Kier molecular flexibility index (Phi) is 7.26. The lowest BCUT2D eigenvalue weighted by molar-refractivity contribution is -0.146. The molecule has 0 aliphatic carbocycles. The van der Waals surface area contributed by atoms with Crippen LogP contribution in [0.15, 0.2) is 24.3 Å². The van der Waals surface area contributed by atoms with Gasteiger partial charge in [-0.05, 0) is 18.1 Å². The van der Waals surface area contributed by atoms with Gasteiger partial charge in [0.1, 0.15) is 11.8 Å². The van der Waals surface area contributed by atoms with E-state index in [1.54, 1.807) is 12.1 Å². The fourth-order valence-corrected chi connectivity index (χ4v) is 3.10. The number of carbonyl (C=O) groups excluding carboxylic acids is 2. The number of carbonyl (C=O) groups is 2. The zero-order chi connectivity index (χ0) is 19.1. The average molecular weight is 363 g/mol. The van der Waals surface area contributed by atoms with Gasteiger partial charge in [-0.1, -0.05) is 32.4 Å². The molecule has 1 amide bonds. The van der Waals surface area contributed by atoms with Gasteiger partial charge in [0.05, 0.1) is 19.3 Å². The second kappa shape index (κ2) is 9.43. The largest absolute Gasteiger partial charge is 0.506 e. The smallest absolute Gasteiger partial charge is 0.328 e. The number of para-hydroxylation sites is 2. The Balaban J connectivity index is 1.85. The van der Waals surface area contributed by atoms with Crippen molar-refractivity contribution in [1.29, 1.82) is 0 Å². The first-order valence-corrected chi connectivity index (χ1v) is 9.08. The Labute approximate surface area is 154 Å². The summed E-state index contributed by atoms with van der Waals surface area (Å²) in [4.78, 5) is 28.4. The molecule has 2 N–H and O–H groups in total. The molecule has 144 valence electrons. The van der Waals surface area contributed by atoms with E-state index in [2.05, 4.69) is 15.1 Å². The van der Waals surface area contributed by atoms with Crippen LogP contribution in [0.1, 0.15) is 20.3 Å². The predicted octanol–water partition coefficient (Wildman–Crippen LogP) is 1.22. The van der Waals surface area contributed by atoms with Gasteiger partial charge in [0.15, 0.2) is 0 Å². The standard InChI is InChI=1S/C19H29N3O4/c1-4-14(2)18(19(25)26-3)20-17(24)13-21-9-11-22(12-10-21)15-7-5-6-8-16(15)23/h5-8,14,18,23H,4,9-13H2,1-3H3,(H,20,24)/t14-,18-/m1/s1. The van der Waals surface area contributed by atoms with Crippen molar-refractivity contribution in [3.05, 3.63) is 24.3 Å². The van der Waals surface area contributed by atoms with E-state index in [0.29, 0.717) is 13.1 Å². The molecule has 0 saturated carbocycles. The lowest BCUT2D eigenvalue weighted by Crippen LogP contribution is -2.52. The van der Waals surface area contributed by atoms with E-state index in [9.17, 15) is 14.7 Å². The number of aromatic hydroxyl groups is 1. The molecule has 0 bridgehead atoms. The molecule has 2 atom stereocenters. The van der Waals surface area contributed by atoms with E-state index in [-0.39, 0.29) is 24.1 Å². The van der Waals surface area contributed by atoms with Gasteiger partial charge in [-0.3, -0.25) is 9.69 Å². The first kappa shape index (κ1) is 20.0. The number of phenolic OH excluding ortho intramolecular Hbond substituents is 1. The lowest BCUT2D eigenvalue weighted by Gasteiger charge is -2.36. The van der Waals surface area contributed by atoms with Crippen molar-refractivity contribution in [3.8, 4) is 5.75 Å². The molecule has 0 radical (unpaired) electrons. The van der Waals surface area contributed by atoms with E-state index in [4.69, 9.17) is 4.74 Å². The number of nitrogens with one attached hydrogen (secondary N) is 1. The molecule has 0 spiro atoms. The van der Waals surface area contributed by atoms with Crippen molar-refractivity contribution in [2.24, 2.45) is 5.92 Å². The molecule has 1 aromatic carbocycles. The number of esters is 1. The van der Waals surface area contributed by atoms with Gasteiger partial charge in [0.2, 0.25) is 5.91 Å². The van der Waals surface area contributed by atoms with E-state index < -0.39 is 12.0 Å². The van der Waals surface area contributed by atoms with Crippen LogP contribution in [0, 0.1) is 5.92 Å². The SMILES string of the molecule is CC[C@@H](C)[C@@H](NC(=O)CN1CCN(c2ccccc2O)CC1)C(=O)OC. The molecule has 7 nitrogen and oxygen atoms in total. The molecule has 0 unspecified atom stereocenters. The van der Waals surface area contributed by atoms with Crippen molar-refractivity contribution in [2.45, 2.75) is 26.3 Å². The number of hydrogen-bond acceptors (Lipinski definition) is 6. The third-order valence-corrected chi connectivity index (χ3v) is 4.95. The van der Waals surface area contributed by atoms with Gasteiger partial charge in [-0.25, -0.2) is 4.79 Å². The summed E-state index contributed by atoms with van der Waals surface area (Å²) in [6.07, 6.45) is 0.777. The molecule has 26 heavy (non-hydrogen) atoms. The Morgan fingerprint density at radius 3 is 2.46 bits per heavy atom. The molecule has 2 rings (SSSR count). The van der Waals surface area contributed by atoms with E-state index in [0.717, 1.165) is 25.2 Å². The molecule has 0 aromatic heterocycles. The number of hydrogen-bond donors (Lipinski definition) is 2. The van der Waals surface area contributed by atoms with Crippen molar-refractivity contribution in [3.63, 3.8) is 0 Å². The lowest BCUT2D eigenvalue weighted by atomic mass is 9.99. The van der Waals surface area contributed by atoms with Gasteiger partial charge in [-0.2, -0.15) is 0 Å². The molecule has 1 aromatic rings. The van der Waals surface area contributed by atoms with Crippen LogP contribution in [0.4, 0.5) is 5.69 Å². The maximum Gasteiger partial charge on any atom is 0.328 e. The van der Waals surface area contributed by atoms with Crippen LogP contribution >= 0.6 is 0 Å². The van der Waals surface area contributed by atoms with Gasteiger partial charge >= 0.3 is 5.97 Å². The highest BCUT2D eigenvalue weighted by Gasteiger charge is 2.28. The Hall–Kier alpha value is -2.28. The van der Waals surface area contributed by atoms with Gasteiger partial charge < -0.3 is 20.1 Å². The zero-order valence-electron chi connectivity index (χ0n) is 15.8. The summed E-state index contributed by atoms with van der Waals surface area (Å²) in [5.41, 5.74) is 0.819. The highest BCUT2D eigenvalue weighted by atomic mass is 16.5. The monoisotopic (exact) mass is 363 g/mol. The normalized spacial score (nSPS) is 17.4. The van der Waals surface area contributed by atoms with Crippen molar-refractivity contribution in [2.75, 3.05) is 44.7 Å². The van der Waals surface area contributed by atoms with Gasteiger partial charge in [-0.15, -0.1) is 0 Å². The Bertz CT molecular complexity index is 615. The molecule has 1 heterocycles. The quantitative estimate of drug-likeness (QED) is 0.709. The minimum absolute atomic E-state index is 0.0179. The number of piperazine rings is 1. The summed E-state index contributed by atoms with van der Waals surface area (Å²) in [7, 11) is 1.34. The van der Waals surface area contributed by atoms with E-state index in [1.165, 1.54) is 7.11 Å². The maximum absolute atomic E-state index is 12.4. The molecule has 1 fully saturated rings. The minimum Gasteiger partial charge on any atom is -0.506 e. The van der Waals surface area contributed by atoms with E-state index >= 15 is 0 Å². The van der Waals surface area contributed by atoms with Crippen LogP contribution in [0.3, 0.4) is 0 Å². The topological polar surface area (TPSA) is 82.1 Å². The first-order chi connectivity index (χ1) is 12.5. The number of anilines is 1. The van der Waals surface area contributed by atoms with Crippen LogP contribution in [0.25, 0.3) is 0 Å². The summed E-state index contributed by atoms with van der Waals surface area (Å²) >= 11 is 0. The van der Waals surface area contributed by atoms with Crippen molar-refractivity contribution in [1.82, 2.24) is 10.2 Å². The average Bonchev–Trinajstić information content (AvgIpc) is 2.66. The van der Waals surface area contributed by atoms with Gasteiger partial charge in [0, 0.05) is 26.2 Å². The first-order valence-electron chi connectivity index (χ1n) is 9.08. The van der Waals surface area contributed by atoms with Crippen LogP contribution < -0.4 is 10.2 Å². The number of amides is 1. The van der Waals surface area contributed by atoms with Crippen molar-refractivity contribution < 1.29 is 19.4 Å². The van der Waals surface area contributed by atoms with Gasteiger partial charge in [0.25, 0.3) is 0 Å². The summed E-state index contributed by atoms with van der Waals surface area (Å²) in [6, 6.07) is 6.66. The maximum atomic E-state index is 12.4. The fraction of sp³-hybridized carbons (Fsp3) is 0.579. The molecule has 7 heteroatoms. The highest BCUT2D eigenvalue weighted by molar-refractivity contribution is 5.85. The second-order valence-corrected chi connectivity index (χ2v) is 6.71. The number of benzene rings is 1. The second-order valence-electron chi connectivity index (χ2n) is 6.71. The molecular formula is C19H29N3O4.